The molecule has 4 N–H and O–H groups in total. The molecule has 0 radical (unpaired) electrons. The highest BCUT2D eigenvalue weighted by Gasteiger charge is 2.26. The van der Waals surface area contributed by atoms with Gasteiger partial charge in [0.25, 0.3) is 0 Å². The highest BCUT2D eigenvalue weighted by atomic mass is 16.6. The number of para-hydroxylation sites is 1. The number of nitrogens with two attached hydrogens (primary N) is 1. The van der Waals surface area contributed by atoms with E-state index in [0.717, 1.165) is 27.6 Å². The molecule has 0 atom stereocenters. The summed E-state index contributed by atoms with van der Waals surface area (Å²) in [5.74, 6) is -0.443. The van der Waals surface area contributed by atoms with E-state index in [1.165, 1.54) is 0 Å². The Morgan fingerprint density at radius 1 is 1.03 bits per heavy atom. The topological polar surface area (TPSA) is 97.2 Å². The Bertz CT molecular complexity index is 1070. The van der Waals surface area contributed by atoms with Crippen molar-refractivity contribution in [2.24, 2.45) is 5.73 Å². The van der Waals surface area contributed by atoms with Gasteiger partial charge in [-0.25, -0.2) is 4.79 Å². The summed E-state index contributed by atoms with van der Waals surface area (Å²) in [6.45, 7) is 9.48. The van der Waals surface area contributed by atoms with Crippen LogP contribution in [-0.2, 0) is 11.2 Å². The minimum absolute atomic E-state index is 0.428. The third-order valence-electron chi connectivity index (χ3n) is 4.75. The first-order valence-electron chi connectivity index (χ1n) is 9.96. The number of carbonyl (C=O) groups excluding carboxylic acids is 2. The molecule has 0 fully saturated rings. The zero-order valence-corrected chi connectivity index (χ0v) is 18.1. The number of hydrogen-bond donors (Lipinski definition) is 3. The molecule has 0 spiro atoms. The average molecular weight is 408 g/mol. The Labute approximate surface area is 176 Å². The van der Waals surface area contributed by atoms with Gasteiger partial charge in [0.1, 0.15) is 5.60 Å². The van der Waals surface area contributed by atoms with E-state index in [0.29, 0.717) is 12.0 Å². The summed E-state index contributed by atoms with van der Waals surface area (Å²) in [4.78, 5) is 26.9. The van der Waals surface area contributed by atoms with Gasteiger partial charge in [0.05, 0.1) is 5.52 Å². The van der Waals surface area contributed by atoms with Crippen molar-refractivity contribution in [3.05, 3.63) is 59.8 Å². The molecular weight excluding hydrogens is 378 g/mol. The van der Waals surface area contributed by atoms with Gasteiger partial charge in [0.15, 0.2) is 0 Å². The minimum atomic E-state index is -0.542. The maximum atomic E-state index is 12.2. The molecule has 30 heavy (non-hydrogen) atoms. The summed E-state index contributed by atoms with van der Waals surface area (Å²) in [6.07, 6.45) is 2.18. The normalized spacial score (nSPS) is 12.0. The van der Waals surface area contributed by atoms with Gasteiger partial charge in [0, 0.05) is 28.2 Å². The van der Waals surface area contributed by atoms with Crippen molar-refractivity contribution >= 4 is 22.9 Å². The molecule has 1 heterocycles. The van der Waals surface area contributed by atoms with Crippen molar-refractivity contribution in [3.8, 4) is 11.1 Å². The van der Waals surface area contributed by atoms with Gasteiger partial charge in [-0.1, -0.05) is 30.3 Å². The van der Waals surface area contributed by atoms with Crippen molar-refractivity contribution in [3.63, 3.8) is 0 Å². The van der Waals surface area contributed by atoms with Crippen LogP contribution in [0.1, 0.15) is 50.5 Å². The van der Waals surface area contributed by atoms with E-state index in [1.54, 1.807) is 12.1 Å². The largest absolute Gasteiger partial charge is 0.444 e. The molecule has 2 amide bonds. The SMILES string of the molecule is CC(C)(Cc1c[nH]c2c(-c3ccc(C(N)=O)cc3)cccc12)NC(=O)OC(C)(C)C. The molecule has 0 saturated heterocycles. The van der Waals surface area contributed by atoms with Gasteiger partial charge in [-0.3, -0.25) is 4.79 Å². The number of benzene rings is 2. The Morgan fingerprint density at radius 3 is 2.30 bits per heavy atom. The van der Waals surface area contributed by atoms with Gasteiger partial charge in [-0.2, -0.15) is 0 Å². The lowest BCUT2D eigenvalue weighted by atomic mass is 9.93. The van der Waals surface area contributed by atoms with Crippen molar-refractivity contribution < 1.29 is 14.3 Å². The van der Waals surface area contributed by atoms with E-state index < -0.39 is 23.1 Å². The second kappa shape index (κ2) is 7.86. The Balaban J connectivity index is 1.86. The Morgan fingerprint density at radius 2 is 1.70 bits per heavy atom. The number of alkyl carbamates (subject to hydrolysis) is 1. The smallest absolute Gasteiger partial charge is 0.408 e. The molecule has 1 aromatic heterocycles. The summed E-state index contributed by atoms with van der Waals surface area (Å²) in [5.41, 5.74) is 8.92. The average Bonchev–Trinajstić information content (AvgIpc) is 3.02. The summed E-state index contributed by atoms with van der Waals surface area (Å²) in [7, 11) is 0. The number of fused-ring (bicyclic) bond motifs is 1. The molecule has 0 aliphatic carbocycles. The minimum Gasteiger partial charge on any atom is -0.444 e. The maximum Gasteiger partial charge on any atom is 0.408 e. The first-order valence-corrected chi connectivity index (χ1v) is 9.96. The maximum absolute atomic E-state index is 12.2. The van der Waals surface area contributed by atoms with Gasteiger partial charge in [-0.05, 0) is 64.3 Å². The molecule has 6 heteroatoms. The highest BCUT2D eigenvalue weighted by Crippen LogP contribution is 2.31. The number of ether oxygens (including phenoxy) is 1. The first kappa shape index (κ1) is 21.4. The van der Waals surface area contributed by atoms with Gasteiger partial charge < -0.3 is 20.8 Å². The molecule has 6 nitrogen and oxygen atoms in total. The van der Waals surface area contributed by atoms with Crippen molar-refractivity contribution in [1.29, 1.82) is 0 Å². The molecular formula is C24H29N3O3. The zero-order valence-electron chi connectivity index (χ0n) is 18.1. The second-order valence-electron chi connectivity index (χ2n) is 9.17. The Kier molecular flexibility index (Phi) is 5.61. The third-order valence-corrected chi connectivity index (χ3v) is 4.75. The van der Waals surface area contributed by atoms with Crippen LogP contribution in [0.4, 0.5) is 4.79 Å². The van der Waals surface area contributed by atoms with E-state index in [1.807, 2.05) is 65.1 Å². The zero-order chi connectivity index (χ0) is 22.1. The molecule has 0 aliphatic rings. The fourth-order valence-electron chi connectivity index (χ4n) is 3.51. The molecule has 2 aromatic carbocycles. The van der Waals surface area contributed by atoms with Crippen LogP contribution < -0.4 is 11.1 Å². The number of amides is 2. The van der Waals surface area contributed by atoms with E-state index in [9.17, 15) is 9.59 Å². The van der Waals surface area contributed by atoms with Crippen LogP contribution >= 0.6 is 0 Å². The molecule has 158 valence electrons. The second-order valence-corrected chi connectivity index (χ2v) is 9.17. The quantitative estimate of drug-likeness (QED) is 0.568. The van der Waals surface area contributed by atoms with E-state index in [2.05, 4.69) is 16.4 Å². The first-order chi connectivity index (χ1) is 14.0. The summed E-state index contributed by atoms with van der Waals surface area (Å²) >= 11 is 0. The number of rotatable bonds is 5. The molecule has 0 bridgehead atoms. The van der Waals surface area contributed by atoms with Crippen LogP contribution in [0.25, 0.3) is 22.0 Å². The van der Waals surface area contributed by atoms with Gasteiger partial charge in [0.2, 0.25) is 5.91 Å². The summed E-state index contributed by atoms with van der Waals surface area (Å²) in [6, 6.07) is 13.3. The van der Waals surface area contributed by atoms with Crippen molar-refractivity contribution in [2.75, 3.05) is 0 Å². The number of aromatic amines is 1. The Hall–Kier alpha value is -3.28. The van der Waals surface area contributed by atoms with Crippen LogP contribution in [0.3, 0.4) is 0 Å². The number of carbonyl (C=O) groups is 2. The molecule has 3 aromatic rings. The van der Waals surface area contributed by atoms with Gasteiger partial charge in [-0.15, -0.1) is 0 Å². The predicted octanol–water partition coefficient (Wildman–Crippen LogP) is 4.78. The van der Waals surface area contributed by atoms with E-state index >= 15 is 0 Å². The fraction of sp³-hybridized carbons (Fsp3) is 0.333. The van der Waals surface area contributed by atoms with Crippen LogP contribution in [-0.4, -0.2) is 28.1 Å². The monoisotopic (exact) mass is 407 g/mol. The third kappa shape index (κ3) is 5.00. The predicted molar refractivity (Wildman–Crippen MR) is 119 cm³/mol. The number of primary amides is 1. The molecule has 0 aliphatic heterocycles. The highest BCUT2D eigenvalue weighted by molar-refractivity contribution is 5.97. The van der Waals surface area contributed by atoms with Crippen LogP contribution in [0.2, 0.25) is 0 Å². The lowest BCUT2D eigenvalue weighted by Gasteiger charge is -2.28. The molecule has 0 saturated carbocycles. The van der Waals surface area contributed by atoms with Gasteiger partial charge >= 0.3 is 6.09 Å². The molecule has 0 unspecified atom stereocenters. The lowest BCUT2D eigenvalue weighted by molar-refractivity contribution is 0.0472. The number of hydrogen-bond acceptors (Lipinski definition) is 3. The summed E-state index contributed by atoms with van der Waals surface area (Å²) < 4.78 is 5.39. The fourth-order valence-corrected chi connectivity index (χ4v) is 3.51. The summed E-state index contributed by atoms with van der Waals surface area (Å²) in [5, 5.41) is 4.05. The van der Waals surface area contributed by atoms with Crippen LogP contribution in [0.5, 0.6) is 0 Å². The number of H-pyrrole nitrogens is 1. The number of nitrogens with one attached hydrogen (secondary N) is 2. The van der Waals surface area contributed by atoms with Crippen molar-refractivity contribution in [1.82, 2.24) is 10.3 Å². The van der Waals surface area contributed by atoms with Crippen molar-refractivity contribution in [2.45, 2.75) is 52.2 Å². The van der Waals surface area contributed by atoms with Crippen LogP contribution in [0.15, 0.2) is 48.7 Å². The number of aromatic nitrogens is 1. The van der Waals surface area contributed by atoms with E-state index in [4.69, 9.17) is 10.5 Å². The lowest BCUT2D eigenvalue weighted by Crippen LogP contribution is -2.47. The standard InChI is InChI=1S/C24H29N3O3/c1-23(2,3)30-22(29)27-24(4,5)13-17-14-26-20-18(7-6-8-19(17)20)15-9-11-16(12-10-15)21(25)28/h6-12,14,26H,13H2,1-5H3,(H2,25,28)(H,27,29). The van der Waals surface area contributed by atoms with Crippen LogP contribution in [0, 0.1) is 0 Å². The van der Waals surface area contributed by atoms with E-state index in [-0.39, 0.29) is 0 Å². The molecule has 3 rings (SSSR count).